The Labute approximate surface area is 120 Å². The summed E-state index contributed by atoms with van der Waals surface area (Å²) < 4.78 is 40.0. The molecule has 0 N–H and O–H groups in total. The molecule has 0 radical (unpaired) electrons. The Balaban J connectivity index is 2.03. The van der Waals surface area contributed by atoms with Crippen LogP contribution in [0.3, 0.4) is 0 Å². The van der Waals surface area contributed by atoms with Crippen LogP contribution < -0.4 is 9.75 Å². The van der Waals surface area contributed by atoms with Gasteiger partial charge in [-0.3, -0.25) is 5.01 Å². The summed E-state index contributed by atoms with van der Waals surface area (Å²) in [6.45, 7) is 0. The standard InChI is InChI=1S/C15H13F3N2O/c1-20(19-11-12-5-3-2-4-6-12)13-7-9-14(10-8-13)21-15(16,17)18/h2-11H,1H3/b19-11+. The molecule has 110 valence electrons. The monoisotopic (exact) mass is 294 g/mol. The van der Waals surface area contributed by atoms with Crippen LogP contribution in [0.5, 0.6) is 5.75 Å². The van der Waals surface area contributed by atoms with Gasteiger partial charge in [-0.2, -0.15) is 5.10 Å². The summed E-state index contributed by atoms with van der Waals surface area (Å²) in [5.74, 6) is -0.258. The molecule has 3 nitrogen and oxygen atoms in total. The van der Waals surface area contributed by atoms with Crippen molar-refractivity contribution in [2.24, 2.45) is 5.10 Å². The zero-order valence-electron chi connectivity index (χ0n) is 11.2. The van der Waals surface area contributed by atoms with Gasteiger partial charge >= 0.3 is 6.36 Å². The van der Waals surface area contributed by atoms with Crippen LogP contribution in [0.15, 0.2) is 59.7 Å². The highest BCUT2D eigenvalue weighted by Gasteiger charge is 2.30. The Morgan fingerprint density at radius 1 is 1.00 bits per heavy atom. The SMILES string of the molecule is CN(/N=C/c1ccccc1)c1ccc(OC(F)(F)F)cc1. The van der Waals surface area contributed by atoms with Gasteiger partial charge in [0.15, 0.2) is 0 Å². The van der Waals surface area contributed by atoms with Crippen LogP contribution >= 0.6 is 0 Å². The second-order valence-electron chi connectivity index (χ2n) is 4.22. The molecule has 2 aromatic rings. The lowest BCUT2D eigenvalue weighted by Gasteiger charge is -2.14. The van der Waals surface area contributed by atoms with E-state index >= 15 is 0 Å². The van der Waals surface area contributed by atoms with Crippen molar-refractivity contribution in [1.29, 1.82) is 0 Å². The van der Waals surface area contributed by atoms with Gasteiger partial charge in [0.05, 0.1) is 11.9 Å². The van der Waals surface area contributed by atoms with E-state index in [0.29, 0.717) is 5.69 Å². The number of hydrogen-bond acceptors (Lipinski definition) is 3. The fraction of sp³-hybridized carbons (Fsp3) is 0.133. The molecule has 0 spiro atoms. The summed E-state index contributed by atoms with van der Waals surface area (Å²) in [6.07, 6.45) is -3.01. The van der Waals surface area contributed by atoms with Crippen molar-refractivity contribution >= 4 is 11.9 Å². The molecule has 0 atom stereocenters. The number of ether oxygens (including phenoxy) is 1. The van der Waals surface area contributed by atoms with Crippen LogP contribution in [0, 0.1) is 0 Å². The smallest absolute Gasteiger partial charge is 0.406 e. The van der Waals surface area contributed by atoms with Crippen LogP contribution in [-0.4, -0.2) is 19.6 Å². The lowest BCUT2D eigenvalue weighted by molar-refractivity contribution is -0.274. The fourth-order valence-electron chi connectivity index (χ4n) is 1.62. The highest BCUT2D eigenvalue weighted by Crippen LogP contribution is 2.25. The molecule has 0 aliphatic rings. The third-order valence-electron chi connectivity index (χ3n) is 2.62. The second-order valence-corrected chi connectivity index (χ2v) is 4.22. The molecule has 0 amide bonds. The number of benzene rings is 2. The summed E-state index contributed by atoms with van der Waals surface area (Å²) >= 11 is 0. The van der Waals surface area contributed by atoms with Gasteiger partial charge in [0.1, 0.15) is 5.75 Å². The van der Waals surface area contributed by atoms with Crippen molar-refractivity contribution in [3.05, 3.63) is 60.2 Å². The quantitative estimate of drug-likeness (QED) is 0.627. The van der Waals surface area contributed by atoms with Gasteiger partial charge < -0.3 is 4.74 Å². The maximum Gasteiger partial charge on any atom is 0.573 e. The van der Waals surface area contributed by atoms with Crippen LogP contribution in [0.2, 0.25) is 0 Å². The van der Waals surface area contributed by atoms with Gasteiger partial charge in [-0.1, -0.05) is 30.3 Å². The molecular weight excluding hydrogens is 281 g/mol. The van der Waals surface area contributed by atoms with Crippen molar-refractivity contribution in [1.82, 2.24) is 0 Å². The first-order chi connectivity index (χ1) is 9.94. The zero-order chi connectivity index (χ0) is 15.3. The van der Waals surface area contributed by atoms with E-state index in [4.69, 9.17) is 0 Å². The lowest BCUT2D eigenvalue weighted by Crippen LogP contribution is -2.17. The van der Waals surface area contributed by atoms with Crippen LogP contribution in [0.4, 0.5) is 18.9 Å². The van der Waals surface area contributed by atoms with Crippen LogP contribution in [0.25, 0.3) is 0 Å². The largest absolute Gasteiger partial charge is 0.573 e. The van der Waals surface area contributed by atoms with E-state index < -0.39 is 6.36 Å². The molecule has 0 fully saturated rings. The van der Waals surface area contributed by atoms with Crippen molar-refractivity contribution in [2.45, 2.75) is 6.36 Å². The fourth-order valence-corrected chi connectivity index (χ4v) is 1.62. The van der Waals surface area contributed by atoms with Gasteiger partial charge in [0.25, 0.3) is 0 Å². The summed E-state index contributed by atoms with van der Waals surface area (Å²) in [6, 6.07) is 15.0. The highest BCUT2D eigenvalue weighted by molar-refractivity contribution is 5.80. The third kappa shape index (κ3) is 4.83. The van der Waals surface area contributed by atoms with E-state index in [1.165, 1.54) is 24.3 Å². The average molecular weight is 294 g/mol. The second kappa shape index (κ2) is 6.30. The number of rotatable bonds is 4. The average Bonchev–Trinajstić information content (AvgIpc) is 2.45. The van der Waals surface area contributed by atoms with Crippen molar-refractivity contribution < 1.29 is 17.9 Å². The Morgan fingerprint density at radius 2 is 1.62 bits per heavy atom. The van der Waals surface area contributed by atoms with Crippen LogP contribution in [0.1, 0.15) is 5.56 Å². The molecule has 0 heterocycles. The molecule has 0 saturated heterocycles. The van der Waals surface area contributed by atoms with Gasteiger partial charge in [-0.15, -0.1) is 13.2 Å². The van der Waals surface area contributed by atoms with Gasteiger partial charge in [-0.05, 0) is 29.8 Å². The summed E-state index contributed by atoms with van der Waals surface area (Å²) in [4.78, 5) is 0. The highest BCUT2D eigenvalue weighted by atomic mass is 19.4. The number of hydrogen-bond donors (Lipinski definition) is 0. The molecule has 21 heavy (non-hydrogen) atoms. The maximum absolute atomic E-state index is 12.1. The molecule has 0 aliphatic heterocycles. The molecule has 0 bridgehead atoms. The summed E-state index contributed by atoms with van der Waals surface area (Å²) in [5, 5.41) is 5.77. The minimum Gasteiger partial charge on any atom is -0.406 e. The van der Waals surface area contributed by atoms with Crippen LogP contribution in [-0.2, 0) is 0 Å². The van der Waals surface area contributed by atoms with Crippen molar-refractivity contribution in [2.75, 3.05) is 12.1 Å². The Bertz CT molecular complexity index is 595. The molecule has 0 aliphatic carbocycles. The minimum atomic E-state index is -4.68. The van der Waals surface area contributed by atoms with Crippen molar-refractivity contribution in [3.63, 3.8) is 0 Å². The minimum absolute atomic E-state index is 0.258. The van der Waals surface area contributed by atoms with E-state index in [0.717, 1.165) is 5.56 Å². The summed E-state index contributed by atoms with van der Waals surface area (Å²) in [7, 11) is 1.71. The number of hydrazone groups is 1. The van der Waals surface area contributed by atoms with Gasteiger partial charge in [0, 0.05) is 7.05 Å². The molecule has 6 heteroatoms. The van der Waals surface area contributed by atoms with E-state index in [1.54, 1.807) is 18.3 Å². The summed E-state index contributed by atoms with van der Waals surface area (Å²) in [5.41, 5.74) is 1.58. The van der Waals surface area contributed by atoms with E-state index in [1.807, 2.05) is 30.3 Å². The van der Waals surface area contributed by atoms with E-state index in [-0.39, 0.29) is 5.75 Å². The zero-order valence-corrected chi connectivity index (χ0v) is 11.2. The number of anilines is 1. The molecule has 0 unspecified atom stereocenters. The van der Waals surface area contributed by atoms with E-state index in [2.05, 4.69) is 9.84 Å². The Morgan fingerprint density at radius 3 is 2.19 bits per heavy atom. The van der Waals surface area contributed by atoms with E-state index in [9.17, 15) is 13.2 Å². The topological polar surface area (TPSA) is 24.8 Å². The molecule has 0 saturated carbocycles. The maximum atomic E-state index is 12.1. The van der Waals surface area contributed by atoms with Gasteiger partial charge in [0.2, 0.25) is 0 Å². The number of alkyl halides is 3. The first-order valence-corrected chi connectivity index (χ1v) is 6.12. The first kappa shape index (κ1) is 14.9. The molecule has 2 rings (SSSR count). The predicted octanol–water partition coefficient (Wildman–Crippen LogP) is 4.06. The third-order valence-corrected chi connectivity index (χ3v) is 2.62. The van der Waals surface area contributed by atoms with Crippen molar-refractivity contribution in [3.8, 4) is 5.75 Å². The normalized spacial score (nSPS) is 11.6. The molecule has 2 aromatic carbocycles. The Hall–Kier alpha value is -2.50. The Kier molecular flexibility index (Phi) is 4.47. The predicted molar refractivity (Wildman–Crippen MR) is 75.6 cm³/mol. The first-order valence-electron chi connectivity index (χ1n) is 6.12. The number of nitrogens with zero attached hydrogens (tertiary/aromatic N) is 2. The lowest BCUT2D eigenvalue weighted by atomic mass is 10.2. The molecular formula is C15H13F3N2O. The molecule has 0 aromatic heterocycles. The number of halogens is 3. The van der Waals surface area contributed by atoms with Gasteiger partial charge in [-0.25, -0.2) is 0 Å².